The first-order chi connectivity index (χ1) is 31.8. The van der Waals surface area contributed by atoms with Gasteiger partial charge in [-0.2, -0.15) is 0 Å². The van der Waals surface area contributed by atoms with Crippen LogP contribution < -0.4 is 19.6 Å². The van der Waals surface area contributed by atoms with Crippen LogP contribution in [-0.4, -0.2) is 175 Å². The van der Waals surface area contributed by atoms with Crippen molar-refractivity contribution in [3.63, 3.8) is 0 Å². The minimum Gasteiger partial charge on any atom is -0.508 e. The van der Waals surface area contributed by atoms with Crippen molar-refractivity contribution in [2.24, 2.45) is 0 Å². The highest BCUT2D eigenvalue weighted by Gasteiger charge is 2.53. The molecule has 4 aromatic rings. The second-order valence-electron chi connectivity index (χ2n) is 15.9. The van der Waals surface area contributed by atoms with Crippen LogP contribution >= 0.6 is 0 Å². The number of hydrogen-bond acceptors (Lipinski definition) is 23. The maximum absolute atomic E-state index is 14.4. The molecule has 0 amide bonds. The fourth-order valence-corrected chi connectivity index (χ4v) is 7.68. The Morgan fingerprint density at radius 2 is 1.37 bits per heavy atom. The van der Waals surface area contributed by atoms with Crippen LogP contribution in [0.3, 0.4) is 0 Å². The van der Waals surface area contributed by atoms with E-state index in [9.17, 15) is 65.8 Å². The number of carbonyl (C=O) groups is 1. The molecule has 3 saturated heterocycles. The van der Waals surface area contributed by atoms with Gasteiger partial charge in [-0.1, -0.05) is 6.07 Å². The topological polar surface area (TPSA) is 353 Å². The molecule has 15 atom stereocenters. The number of rotatable bonds is 13. The smallest absolute Gasteiger partial charge is 0.331 e. The number of esters is 1. The molecule has 67 heavy (non-hydrogen) atoms. The minimum atomic E-state index is -2.09. The summed E-state index contributed by atoms with van der Waals surface area (Å²) in [4.78, 5) is 27.3. The molecule has 3 aliphatic heterocycles. The second-order valence-corrected chi connectivity index (χ2v) is 15.9. The number of hydrogen-bond donors (Lipinski definition) is 11. The lowest BCUT2D eigenvalue weighted by Gasteiger charge is -2.46. The zero-order valence-electron chi connectivity index (χ0n) is 36.0. The third-order valence-electron chi connectivity index (χ3n) is 11.4. The molecule has 4 heterocycles. The quantitative estimate of drug-likeness (QED) is 0.0591. The Hall–Kier alpha value is -5.80. The van der Waals surface area contributed by atoms with E-state index in [1.165, 1.54) is 69.5 Å². The molecule has 0 saturated carbocycles. The SMILES string of the molecule is COc1cc(/C=C/C(=O)O[C@@H]2[C@@H](O)[C@H](C)O[C@@H](OC[C@H]3O[C@@H](Oc4c(-c5ccc(O)cc5)oc5cc(O)c(OC)c(O)c5c4=O)[C@H](O[C@@H]4O[C@@H](C)[C@H](O)[C@@H](O)[C@H]4O)[C@@H](O)[C@H]3O)[C@@H]2O)ccc1O. The van der Waals surface area contributed by atoms with Crippen LogP contribution in [0.1, 0.15) is 19.4 Å². The Labute approximate surface area is 379 Å². The van der Waals surface area contributed by atoms with Crippen molar-refractivity contribution >= 4 is 23.0 Å². The molecule has 0 unspecified atom stereocenters. The van der Waals surface area contributed by atoms with Crippen LogP contribution in [0.2, 0.25) is 0 Å². The monoisotopic (exact) mass is 946 g/mol. The highest BCUT2D eigenvalue weighted by Crippen LogP contribution is 2.44. The lowest BCUT2D eigenvalue weighted by atomic mass is 9.97. The van der Waals surface area contributed by atoms with Gasteiger partial charge in [0.25, 0.3) is 0 Å². The Bertz CT molecular complexity index is 2480. The van der Waals surface area contributed by atoms with Crippen molar-refractivity contribution in [1.82, 2.24) is 0 Å². The van der Waals surface area contributed by atoms with Gasteiger partial charge in [-0.05, 0) is 61.9 Å². The van der Waals surface area contributed by atoms with E-state index in [0.717, 1.165) is 19.3 Å². The molecule has 0 spiro atoms. The van der Waals surface area contributed by atoms with E-state index in [2.05, 4.69) is 0 Å². The summed E-state index contributed by atoms with van der Waals surface area (Å²) in [6.07, 6.45) is -23.7. The Kier molecular flexibility index (Phi) is 14.8. The van der Waals surface area contributed by atoms with Crippen molar-refractivity contribution in [3.05, 3.63) is 70.4 Å². The summed E-state index contributed by atoms with van der Waals surface area (Å²) in [7, 11) is 2.45. The van der Waals surface area contributed by atoms with E-state index in [0.29, 0.717) is 5.56 Å². The summed E-state index contributed by atoms with van der Waals surface area (Å²) in [6, 6.07) is 10.4. The van der Waals surface area contributed by atoms with Crippen molar-refractivity contribution in [3.8, 4) is 51.6 Å². The summed E-state index contributed by atoms with van der Waals surface area (Å²) < 4.78 is 56.7. The summed E-state index contributed by atoms with van der Waals surface area (Å²) in [5.74, 6) is -4.30. The molecule has 0 radical (unpaired) electrons. The van der Waals surface area contributed by atoms with E-state index in [1.807, 2.05) is 0 Å². The normalized spacial score (nSPS) is 32.3. The molecule has 1 aromatic heterocycles. The van der Waals surface area contributed by atoms with Gasteiger partial charge in [0.1, 0.15) is 65.6 Å². The summed E-state index contributed by atoms with van der Waals surface area (Å²) in [5.41, 5.74) is -0.957. The van der Waals surface area contributed by atoms with E-state index in [-0.39, 0.29) is 34.2 Å². The largest absolute Gasteiger partial charge is 0.508 e. The van der Waals surface area contributed by atoms with Crippen LogP contribution in [0.4, 0.5) is 0 Å². The molecule has 23 heteroatoms. The molecular formula is C44H50O23. The molecule has 3 aromatic carbocycles. The fraction of sp³-hybridized carbons (Fsp3) is 0.455. The number of carbonyl (C=O) groups excluding carboxylic acids is 1. The van der Waals surface area contributed by atoms with Gasteiger partial charge in [0.15, 0.2) is 53.5 Å². The van der Waals surface area contributed by atoms with Crippen LogP contribution in [0, 0.1) is 0 Å². The molecule has 11 N–H and O–H groups in total. The first-order valence-electron chi connectivity index (χ1n) is 20.6. The van der Waals surface area contributed by atoms with Crippen molar-refractivity contribution in [1.29, 1.82) is 0 Å². The molecule has 23 nitrogen and oxygen atoms in total. The number of aliphatic hydroxyl groups is 7. The molecule has 0 aliphatic carbocycles. The number of benzene rings is 3. The van der Waals surface area contributed by atoms with Gasteiger partial charge in [0, 0.05) is 17.7 Å². The number of methoxy groups -OCH3 is 2. The highest BCUT2D eigenvalue weighted by molar-refractivity contribution is 5.91. The molecule has 0 bridgehead atoms. The molecule has 3 fully saturated rings. The number of aliphatic hydroxyl groups excluding tert-OH is 7. The van der Waals surface area contributed by atoms with Gasteiger partial charge >= 0.3 is 5.97 Å². The predicted molar refractivity (Wildman–Crippen MR) is 224 cm³/mol. The third kappa shape index (κ3) is 9.94. The first kappa shape index (κ1) is 49.1. The minimum absolute atomic E-state index is 0.0818. The van der Waals surface area contributed by atoms with Crippen LogP contribution in [0.15, 0.2) is 63.8 Å². The number of ether oxygens (including phenoxy) is 9. The highest BCUT2D eigenvalue weighted by atomic mass is 16.8. The number of phenolic OH excluding ortho intramolecular Hbond substituents is 4. The lowest BCUT2D eigenvalue weighted by Crippen LogP contribution is -2.65. The van der Waals surface area contributed by atoms with E-state index < -0.39 is 139 Å². The van der Waals surface area contributed by atoms with E-state index >= 15 is 0 Å². The Balaban J connectivity index is 1.19. The van der Waals surface area contributed by atoms with E-state index in [1.54, 1.807) is 0 Å². The molecule has 3 aliphatic rings. The second kappa shape index (κ2) is 20.2. The van der Waals surface area contributed by atoms with Crippen LogP contribution in [0.25, 0.3) is 28.4 Å². The number of fused-ring (bicyclic) bond motifs is 1. The first-order valence-corrected chi connectivity index (χ1v) is 20.6. The molecule has 364 valence electrons. The van der Waals surface area contributed by atoms with Gasteiger partial charge in [-0.25, -0.2) is 4.79 Å². The zero-order chi connectivity index (χ0) is 48.6. The lowest BCUT2D eigenvalue weighted by molar-refractivity contribution is -0.360. The average Bonchev–Trinajstić information content (AvgIpc) is 3.30. The van der Waals surface area contributed by atoms with Crippen molar-refractivity contribution in [2.75, 3.05) is 20.8 Å². The maximum atomic E-state index is 14.4. The number of aromatic hydroxyl groups is 4. The summed E-state index contributed by atoms with van der Waals surface area (Å²) in [6.45, 7) is 1.97. The van der Waals surface area contributed by atoms with Gasteiger partial charge in [-0.15, -0.1) is 0 Å². The van der Waals surface area contributed by atoms with Gasteiger partial charge in [0.05, 0.1) is 33.0 Å². The van der Waals surface area contributed by atoms with E-state index in [4.69, 9.17) is 47.0 Å². The Morgan fingerprint density at radius 3 is 2.06 bits per heavy atom. The third-order valence-corrected chi connectivity index (χ3v) is 11.4. The Morgan fingerprint density at radius 1 is 0.687 bits per heavy atom. The van der Waals surface area contributed by atoms with Gasteiger partial charge in [-0.3, -0.25) is 4.79 Å². The summed E-state index contributed by atoms with van der Waals surface area (Å²) in [5, 5.41) is 118. The average molecular weight is 947 g/mol. The standard InChI is InChI=1S/C44H50O23/c1-16-28(49)33(54)35(56)43(62-16)67-41-34(55)30(51)25(15-60-42-36(57)39(29(50)17(2)61-42)65-26(48)12-6-18-5-11-21(46)23(13-18)58-3)64-44(41)66-40-32(53)27-24(14-22(47)38(59-4)31(27)52)63-37(40)19-7-9-20(45)10-8-19/h5-14,16-17,25,28-30,33-36,39,41-47,49-52,54-57H,15H2,1-4H3/b12-6+/t16-,17-,25+,28-,29-,30-,33+,34-,35+,36+,39+,41+,42+,43-,44-/m0/s1. The predicted octanol–water partition coefficient (Wildman–Crippen LogP) is -0.554. The number of phenols is 4. The molecular weight excluding hydrogens is 896 g/mol. The van der Waals surface area contributed by atoms with Crippen LogP contribution in [0.5, 0.6) is 40.2 Å². The zero-order valence-corrected chi connectivity index (χ0v) is 36.0. The summed E-state index contributed by atoms with van der Waals surface area (Å²) >= 11 is 0. The van der Waals surface area contributed by atoms with Gasteiger partial charge < -0.3 is 103 Å². The van der Waals surface area contributed by atoms with Crippen molar-refractivity contribution in [2.45, 2.75) is 106 Å². The van der Waals surface area contributed by atoms with Gasteiger partial charge in [0.2, 0.25) is 23.2 Å². The van der Waals surface area contributed by atoms with Crippen molar-refractivity contribution < 1.29 is 108 Å². The fourth-order valence-electron chi connectivity index (χ4n) is 7.68. The van der Waals surface area contributed by atoms with Crippen LogP contribution in [-0.2, 0) is 33.2 Å². The maximum Gasteiger partial charge on any atom is 0.331 e. The molecule has 7 rings (SSSR count).